The zero-order valence-electron chi connectivity index (χ0n) is 19.5. The van der Waals surface area contributed by atoms with Crippen molar-refractivity contribution in [3.05, 3.63) is 95.3 Å². The molecule has 1 saturated heterocycles. The summed E-state index contributed by atoms with van der Waals surface area (Å²) in [5.74, 6) is -1.12. The molecule has 0 spiro atoms. The summed E-state index contributed by atoms with van der Waals surface area (Å²) in [7, 11) is 0. The number of carbonyl (C=O) groups excluding carboxylic acids is 2. The Labute approximate surface area is 208 Å². The Morgan fingerprint density at radius 2 is 1.47 bits per heavy atom. The maximum atomic E-state index is 13.2. The monoisotopic (exact) mass is 483 g/mol. The van der Waals surface area contributed by atoms with E-state index in [0.29, 0.717) is 49.8 Å². The number of piperazine rings is 1. The van der Waals surface area contributed by atoms with Gasteiger partial charge >= 0.3 is 5.97 Å². The molecule has 2 aromatic carbocycles. The van der Waals surface area contributed by atoms with Crippen molar-refractivity contribution in [1.29, 1.82) is 0 Å². The topological polar surface area (TPSA) is 107 Å². The molecule has 9 heteroatoms. The lowest BCUT2D eigenvalue weighted by molar-refractivity contribution is 0.0581. The van der Waals surface area contributed by atoms with Crippen LogP contribution >= 0.6 is 0 Å². The molecule has 3 aromatic rings. The number of anilines is 1. The van der Waals surface area contributed by atoms with E-state index in [2.05, 4.69) is 14.9 Å². The molecule has 182 valence electrons. The fraction of sp³-hybridized carbons (Fsp3) is 0.222. The van der Waals surface area contributed by atoms with Gasteiger partial charge in [0.25, 0.3) is 11.8 Å². The second-order valence-corrected chi connectivity index (χ2v) is 8.73. The van der Waals surface area contributed by atoms with Crippen molar-refractivity contribution in [2.45, 2.75) is 6.04 Å². The van der Waals surface area contributed by atoms with Gasteiger partial charge < -0.3 is 10.0 Å². The van der Waals surface area contributed by atoms with Crippen LogP contribution in [-0.2, 0) is 0 Å². The first kappa shape index (κ1) is 23.4. The number of hydrogen-bond donors (Lipinski definition) is 1. The number of imide groups is 1. The Bertz CT molecular complexity index is 1270. The van der Waals surface area contributed by atoms with Crippen molar-refractivity contribution < 1.29 is 19.5 Å². The molecule has 0 bridgehead atoms. The van der Waals surface area contributed by atoms with Crippen LogP contribution in [0.4, 0.5) is 5.95 Å². The Balaban J connectivity index is 1.31. The summed E-state index contributed by atoms with van der Waals surface area (Å²) in [6, 6.07) is 16.3. The normalized spacial score (nSPS) is 17.0. The highest BCUT2D eigenvalue weighted by Crippen LogP contribution is 2.26. The van der Waals surface area contributed by atoms with Gasteiger partial charge in [-0.15, -0.1) is 0 Å². The van der Waals surface area contributed by atoms with Crippen LogP contribution in [0.25, 0.3) is 6.08 Å². The molecule has 9 nitrogen and oxygen atoms in total. The largest absolute Gasteiger partial charge is 0.478 e. The highest BCUT2D eigenvalue weighted by atomic mass is 16.4. The summed E-state index contributed by atoms with van der Waals surface area (Å²) in [6.45, 7) is 3.15. The molecule has 0 aliphatic carbocycles. The fourth-order valence-corrected chi connectivity index (χ4v) is 4.51. The predicted octanol–water partition coefficient (Wildman–Crippen LogP) is 2.68. The third-order valence-electron chi connectivity index (χ3n) is 6.45. The SMILES string of the molecule is O=C(O)c1cnc(N2CCN(CC(C=Cc3ccccc3)N3C(=O)c4ccccc4C3=O)CC2)nc1. The lowest BCUT2D eigenvalue weighted by Gasteiger charge is -2.37. The molecule has 2 aliphatic rings. The summed E-state index contributed by atoms with van der Waals surface area (Å²) < 4.78 is 0. The van der Waals surface area contributed by atoms with Gasteiger partial charge in [-0.1, -0.05) is 54.6 Å². The number of fused-ring (bicyclic) bond motifs is 1. The highest BCUT2D eigenvalue weighted by Gasteiger charge is 2.39. The maximum Gasteiger partial charge on any atom is 0.338 e. The van der Waals surface area contributed by atoms with Gasteiger partial charge in [0.2, 0.25) is 5.95 Å². The molecule has 2 amide bonds. The number of carbonyl (C=O) groups is 3. The average Bonchev–Trinajstić information content (AvgIpc) is 3.17. The first-order chi connectivity index (χ1) is 17.5. The van der Waals surface area contributed by atoms with Crippen LogP contribution in [0, 0.1) is 0 Å². The standard InChI is InChI=1S/C27H25N5O4/c33-24-22-8-4-5-9-23(22)25(34)32(24)21(11-10-19-6-2-1-3-7-19)18-30-12-14-31(15-13-30)27-28-16-20(17-29-27)26(35)36/h1-11,16-17,21H,12-15,18H2,(H,35,36). The minimum absolute atomic E-state index is 0.0476. The molecular weight excluding hydrogens is 458 g/mol. The lowest BCUT2D eigenvalue weighted by Crippen LogP contribution is -2.52. The van der Waals surface area contributed by atoms with Gasteiger partial charge in [-0.2, -0.15) is 0 Å². The Hall–Kier alpha value is -4.37. The zero-order valence-corrected chi connectivity index (χ0v) is 19.5. The molecule has 36 heavy (non-hydrogen) atoms. The zero-order chi connectivity index (χ0) is 25.1. The molecule has 2 aliphatic heterocycles. The number of carboxylic acid groups (broad SMARTS) is 1. The molecule has 1 fully saturated rings. The van der Waals surface area contributed by atoms with E-state index in [1.54, 1.807) is 24.3 Å². The summed E-state index contributed by atoms with van der Waals surface area (Å²) in [5.41, 5.74) is 1.91. The summed E-state index contributed by atoms with van der Waals surface area (Å²) >= 11 is 0. The number of aromatic carboxylic acids is 1. The first-order valence-electron chi connectivity index (χ1n) is 11.7. The molecule has 1 N–H and O–H groups in total. The molecule has 3 heterocycles. The fourth-order valence-electron chi connectivity index (χ4n) is 4.51. The number of rotatable bonds is 7. The molecule has 1 atom stereocenters. The number of amides is 2. The average molecular weight is 484 g/mol. The quantitative estimate of drug-likeness (QED) is 0.511. The van der Waals surface area contributed by atoms with E-state index in [1.165, 1.54) is 17.3 Å². The summed E-state index contributed by atoms with van der Waals surface area (Å²) in [5, 5.41) is 9.05. The lowest BCUT2D eigenvalue weighted by atomic mass is 10.1. The smallest absolute Gasteiger partial charge is 0.338 e. The van der Waals surface area contributed by atoms with E-state index in [-0.39, 0.29) is 17.4 Å². The van der Waals surface area contributed by atoms with Crippen molar-refractivity contribution in [2.75, 3.05) is 37.6 Å². The van der Waals surface area contributed by atoms with E-state index in [0.717, 1.165) is 5.56 Å². The first-order valence-corrected chi connectivity index (χ1v) is 11.7. The van der Waals surface area contributed by atoms with E-state index in [1.807, 2.05) is 47.4 Å². The van der Waals surface area contributed by atoms with Gasteiger partial charge in [-0.25, -0.2) is 14.8 Å². The van der Waals surface area contributed by atoms with Crippen LogP contribution < -0.4 is 4.90 Å². The number of benzene rings is 2. The van der Waals surface area contributed by atoms with Gasteiger partial charge in [0.1, 0.15) is 0 Å². The molecule has 5 rings (SSSR count). The van der Waals surface area contributed by atoms with Gasteiger partial charge in [-0.3, -0.25) is 19.4 Å². The van der Waals surface area contributed by atoms with E-state index < -0.39 is 12.0 Å². The molecule has 1 aromatic heterocycles. The second kappa shape index (κ2) is 10.1. The van der Waals surface area contributed by atoms with Crippen molar-refractivity contribution in [2.24, 2.45) is 0 Å². The van der Waals surface area contributed by atoms with Gasteiger partial charge in [0, 0.05) is 45.1 Å². The number of aromatic nitrogens is 2. The third kappa shape index (κ3) is 4.73. The van der Waals surface area contributed by atoms with Crippen molar-refractivity contribution in [1.82, 2.24) is 19.8 Å². The predicted molar refractivity (Wildman–Crippen MR) is 134 cm³/mol. The molecular formula is C27H25N5O4. The van der Waals surface area contributed by atoms with Crippen LogP contribution in [0.1, 0.15) is 36.6 Å². The van der Waals surface area contributed by atoms with Crippen LogP contribution in [0.3, 0.4) is 0 Å². The molecule has 0 saturated carbocycles. The Kier molecular flexibility index (Phi) is 6.55. The second-order valence-electron chi connectivity index (χ2n) is 8.73. The summed E-state index contributed by atoms with van der Waals surface area (Å²) in [6.07, 6.45) is 6.49. The van der Waals surface area contributed by atoms with Crippen LogP contribution in [0.2, 0.25) is 0 Å². The van der Waals surface area contributed by atoms with Crippen molar-refractivity contribution >= 4 is 29.8 Å². The Morgan fingerprint density at radius 1 is 0.889 bits per heavy atom. The van der Waals surface area contributed by atoms with Gasteiger partial charge in [0.05, 0.1) is 22.7 Å². The number of hydrogen-bond acceptors (Lipinski definition) is 7. The number of nitrogens with zero attached hydrogens (tertiary/aromatic N) is 5. The summed E-state index contributed by atoms with van der Waals surface area (Å²) in [4.78, 5) is 51.4. The third-order valence-corrected chi connectivity index (χ3v) is 6.45. The van der Waals surface area contributed by atoms with Crippen LogP contribution in [-0.4, -0.2) is 81.4 Å². The maximum absolute atomic E-state index is 13.2. The molecule has 1 unspecified atom stereocenters. The van der Waals surface area contributed by atoms with Gasteiger partial charge in [-0.05, 0) is 17.7 Å². The molecule has 0 radical (unpaired) electrons. The van der Waals surface area contributed by atoms with Crippen molar-refractivity contribution in [3.8, 4) is 0 Å². The van der Waals surface area contributed by atoms with Gasteiger partial charge in [0.15, 0.2) is 0 Å². The minimum Gasteiger partial charge on any atom is -0.478 e. The minimum atomic E-state index is -1.06. The Morgan fingerprint density at radius 3 is 2.06 bits per heavy atom. The van der Waals surface area contributed by atoms with E-state index in [9.17, 15) is 14.4 Å². The van der Waals surface area contributed by atoms with Crippen molar-refractivity contribution in [3.63, 3.8) is 0 Å². The van der Waals surface area contributed by atoms with E-state index >= 15 is 0 Å². The van der Waals surface area contributed by atoms with Crippen LogP contribution in [0.15, 0.2) is 73.1 Å². The highest BCUT2D eigenvalue weighted by molar-refractivity contribution is 6.21. The number of carboxylic acids is 1. The van der Waals surface area contributed by atoms with E-state index in [4.69, 9.17) is 5.11 Å². The van der Waals surface area contributed by atoms with Crippen LogP contribution in [0.5, 0.6) is 0 Å².